The second kappa shape index (κ2) is 11.2. The van der Waals surface area contributed by atoms with Gasteiger partial charge in [-0.3, -0.25) is 9.59 Å². The van der Waals surface area contributed by atoms with Crippen LogP contribution in [0.5, 0.6) is 0 Å². The average Bonchev–Trinajstić information content (AvgIpc) is 3.15. The molecule has 1 fully saturated rings. The first-order valence-electron chi connectivity index (χ1n) is 10.4. The number of hydrogen-bond acceptors (Lipinski definition) is 5. The number of carbonyl (C=O) groups is 2. The van der Waals surface area contributed by atoms with Crippen molar-refractivity contribution < 1.29 is 18.0 Å². The Labute approximate surface area is 174 Å². The number of benzene rings is 1. The van der Waals surface area contributed by atoms with E-state index in [4.69, 9.17) is 0 Å². The first-order chi connectivity index (χ1) is 13.8. The van der Waals surface area contributed by atoms with Crippen molar-refractivity contribution in [2.75, 3.05) is 34.8 Å². The van der Waals surface area contributed by atoms with E-state index in [0.717, 1.165) is 37.3 Å². The summed E-state index contributed by atoms with van der Waals surface area (Å²) in [5.74, 6) is -1.28. The summed E-state index contributed by atoms with van der Waals surface area (Å²) < 4.78 is 23.9. The normalized spacial score (nSPS) is 15.2. The third kappa shape index (κ3) is 8.43. The van der Waals surface area contributed by atoms with Gasteiger partial charge in [-0.1, -0.05) is 25.8 Å². The molecule has 1 aromatic rings. The number of nitrogens with zero attached hydrogens (tertiary/aromatic N) is 1. The molecule has 1 aliphatic heterocycles. The summed E-state index contributed by atoms with van der Waals surface area (Å²) in [5, 5.41) is 5.47. The Morgan fingerprint density at radius 1 is 1.14 bits per heavy atom. The first-order valence-corrected chi connectivity index (χ1v) is 12.3. The first kappa shape index (κ1) is 23.2. The van der Waals surface area contributed by atoms with Crippen molar-refractivity contribution in [1.29, 1.82) is 0 Å². The lowest BCUT2D eigenvalue weighted by Crippen LogP contribution is -2.39. The molecule has 0 aromatic heterocycles. The molecule has 1 unspecified atom stereocenters. The summed E-state index contributed by atoms with van der Waals surface area (Å²) in [6, 6.07) is 7.29. The van der Waals surface area contributed by atoms with Crippen LogP contribution in [0.1, 0.15) is 52.4 Å². The zero-order chi connectivity index (χ0) is 21.3. The van der Waals surface area contributed by atoms with Crippen LogP contribution in [0.3, 0.4) is 0 Å². The topological polar surface area (TPSA) is 95.6 Å². The van der Waals surface area contributed by atoms with Gasteiger partial charge in [0.05, 0.1) is 5.75 Å². The molecular weight excluding hydrogens is 390 g/mol. The Balaban J connectivity index is 1.78. The second-order valence-corrected chi connectivity index (χ2v) is 9.95. The van der Waals surface area contributed by atoms with E-state index in [9.17, 15) is 18.0 Å². The molecule has 2 amide bonds. The van der Waals surface area contributed by atoms with Gasteiger partial charge in [-0.15, -0.1) is 0 Å². The molecule has 0 radical (unpaired) electrons. The van der Waals surface area contributed by atoms with Gasteiger partial charge in [-0.25, -0.2) is 8.42 Å². The summed E-state index contributed by atoms with van der Waals surface area (Å²) in [6.45, 7) is 5.75. The van der Waals surface area contributed by atoms with Gasteiger partial charge >= 0.3 is 0 Å². The molecule has 0 bridgehead atoms. The van der Waals surface area contributed by atoms with Crippen LogP contribution in [0, 0.1) is 0 Å². The van der Waals surface area contributed by atoms with E-state index in [1.165, 1.54) is 12.8 Å². The van der Waals surface area contributed by atoms with Gasteiger partial charge in [0, 0.05) is 36.9 Å². The molecule has 29 heavy (non-hydrogen) atoms. The van der Waals surface area contributed by atoms with Gasteiger partial charge in [0.2, 0.25) is 11.8 Å². The molecule has 2 rings (SSSR count). The largest absolute Gasteiger partial charge is 0.371 e. The van der Waals surface area contributed by atoms with Crippen molar-refractivity contribution in [3.63, 3.8) is 0 Å². The average molecular weight is 424 g/mol. The molecule has 1 saturated heterocycles. The Bertz CT molecular complexity index is 789. The van der Waals surface area contributed by atoms with E-state index in [2.05, 4.69) is 15.5 Å². The van der Waals surface area contributed by atoms with Gasteiger partial charge in [0.15, 0.2) is 9.84 Å². The number of hydrogen-bond donors (Lipinski definition) is 2. The highest BCUT2D eigenvalue weighted by atomic mass is 32.2. The quantitative estimate of drug-likeness (QED) is 0.534. The molecule has 8 heteroatoms. The smallest absolute Gasteiger partial charge is 0.235 e. The summed E-state index contributed by atoms with van der Waals surface area (Å²) in [4.78, 5) is 26.6. The van der Waals surface area contributed by atoms with Crippen LogP contribution in [0.15, 0.2) is 24.3 Å². The summed E-state index contributed by atoms with van der Waals surface area (Å²) in [6.07, 6.45) is 4.77. The zero-order valence-electron chi connectivity index (χ0n) is 17.4. The fourth-order valence-corrected chi connectivity index (χ4v) is 4.73. The van der Waals surface area contributed by atoms with Crippen LogP contribution in [-0.2, 0) is 19.4 Å². The van der Waals surface area contributed by atoms with Gasteiger partial charge < -0.3 is 15.5 Å². The van der Waals surface area contributed by atoms with E-state index < -0.39 is 27.5 Å². The number of rotatable bonds is 11. The van der Waals surface area contributed by atoms with Crippen molar-refractivity contribution in [3.05, 3.63) is 24.3 Å². The molecule has 1 aromatic carbocycles. The summed E-state index contributed by atoms with van der Waals surface area (Å²) in [7, 11) is -3.41. The summed E-state index contributed by atoms with van der Waals surface area (Å²) in [5.41, 5.74) is 1.81. The predicted octanol–water partition coefficient (Wildman–Crippen LogP) is 2.73. The molecule has 7 nitrogen and oxygen atoms in total. The molecule has 0 spiro atoms. The van der Waals surface area contributed by atoms with Crippen molar-refractivity contribution in [2.24, 2.45) is 0 Å². The minimum Gasteiger partial charge on any atom is -0.371 e. The number of anilines is 2. The number of nitrogens with one attached hydrogen (secondary N) is 2. The number of carbonyl (C=O) groups excluding carboxylic acids is 2. The lowest BCUT2D eigenvalue weighted by molar-refractivity contribution is -0.120. The number of sulfone groups is 1. The number of unbranched alkanes of at least 4 members (excludes halogenated alkanes) is 2. The molecule has 1 atom stereocenters. The molecule has 162 valence electrons. The van der Waals surface area contributed by atoms with Crippen LogP contribution in [0.25, 0.3) is 0 Å². The fourth-order valence-electron chi connectivity index (χ4n) is 3.46. The lowest BCUT2D eigenvalue weighted by atomic mass is 10.2. The molecular formula is C21H33N3O4S. The second-order valence-electron chi connectivity index (χ2n) is 7.76. The van der Waals surface area contributed by atoms with Crippen molar-refractivity contribution >= 4 is 33.0 Å². The standard InChI is InChI=1S/C21H33N3O4S/c1-3-4-7-13-29(27,28)16-21(26)22-17(2)14-20(25)23-18-9-8-10-19(15-18)24-11-5-6-12-24/h8-10,15,17H,3-7,11-14,16H2,1-2H3,(H,22,26)(H,23,25). The minimum absolute atomic E-state index is 0.0243. The van der Waals surface area contributed by atoms with E-state index in [1.807, 2.05) is 31.2 Å². The maximum absolute atomic E-state index is 12.3. The van der Waals surface area contributed by atoms with E-state index in [1.54, 1.807) is 6.92 Å². The maximum Gasteiger partial charge on any atom is 0.235 e. The lowest BCUT2D eigenvalue weighted by Gasteiger charge is -2.19. The highest BCUT2D eigenvalue weighted by Crippen LogP contribution is 2.23. The fraction of sp³-hybridized carbons (Fsp3) is 0.619. The van der Waals surface area contributed by atoms with Crippen molar-refractivity contribution in [3.8, 4) is 0 Å². The Morgan fingerprint density at radius 3 is 2.55 bits per heavy atom. The minimum atomic E-state index is -3.41. The Kier molecular flexibility index (Phi) is 8.95. The monoisotopic (exact) mass is 423 g/mol. The van der Waals surface area contributed by atoms with E-state index in [0.29, 0.717) is 6.42 Å². The Hall–Kier alpha value is -2.09. The van der Waals surface area contributed by atoms with Crippen LogP contribution in [0.4, 0.5) is 11.4 Å². The zero-order valence-corrected chi connectivity index (χ0v) is 18.3. The van der Waals surface area contributed by atoms with Gasteiger partial charge in [-0.05, 0) is 44.4 Å². The molecule has 0 aliphatic carbocycles. The third-order valence-corrected chi connectivity index (χ3v) is 6.52. The van der Waals surface area contributed by atoms with Crippen LogP contribution in [0.2, 0.25) is 0 Å². The SMILES string of the molecule is CCCCCS(=O)(=O)CC(=O)NC(C)CC(=O)Nc1cccc(N2CCCC2)c1. The van der Waals surface area contributed by atoms with Gasteiger partial charge in [0.25, 0.3) is 0 Å². The molecule has 1 heterocycles. The predicted molar refractivity (Wildman–Crippen MR) is 117 cm³/mol. The van der Waals surface area contributed by atoms with E-state index in [-0.39, 0.29) is 18.1 Å². The summed E-state index contributed by atoms with van der Waals surface area (Å²) >= 11 is 0. The third-order valence-electron chi connectivity index (χ3n) is 4.91. The molecule has 0 saturated carbocycles. The van der Waals surface area contributed by atoms with Crippen LogP contribution < -0.4 is 15.5 Å². The van der Waals surface area contributed by atoms with Crippen molar-refractivity contribution in [1.82, 2.24) is 5.32 Å². The van der Waals surface area contributed by atoms with Gasteiger partial charge in [0.1, 0.15) is 5.75 Å². The number of amides is 2. The highest BCUT2D eigenvalue weighted by Gasteiger charge is 2.19. The molecule has 2 N–H and O–H groups in total. The van der Waals surface area contributed by atoms with Crippen LogP contribution in [-0.4, -0.2) is 50.9 Å². The maximum atomic E-state index is 12.3. The Morgan fingerprint density at radius 2 is 1.86 bits per heavy atom. The van der Waals surface area contributed by atoms with Gasteiger partial charge in [-0.2, -0.15) is 0 Å². The van der Waals surface area contributed by atoms with Crippen LogP contribution >= 0.6 is 0 Å². The molecule has 1 aliphatic rings. The highest BCUT2D eigenvalue weighted by molar-refractivity contribution is 7.92. The van der Waals surface area contributed by atoms with E-state index >= 15 is 0 Å². The van der Waals surface area contributed by atoms with Crippen molar-refractivity contribution in [2.45, 2.75) is 58.4 Å².